The number of para-hydroxylation sites is 1. The number of likely N-dealkylation sites (N-methyl/N-ethyl adjacent to an activating group) is 1. The van der Waals surface area contributed by atoms with Crippen molar-refractivity contribution in [2.75, 3.05) is 45.7 Å². The van der Waals surface area contributed by atoms with Crippen molar-refractivity contribution in [1.29, 1.82) is 0 Å². The number of nitrogens with zero attached hydrogens (tertiary/aromatic N) is 2. The molecule has 0 radical (unpaired) electrons. The fourth-order valence-corrected chi connectivity index (χ4v) is 3.57. The van der Waals surface area contributed by atoms with Crippen LogP contribution in [-0.2, 0) is 17.8 Å². The summed E-state index contributed by atoms with van der Waals surface area (Å²) >= 11 is 0. The van der Waals surface area contributed by atoms with E-state index in [1.807, 2.05) is 12.1 Å². The number of nitrogens with one attached hydrogen (secondary N) is 1. The lowest BCUT2D eigenvalue weighted by Crippen LogP contribution is -2.43. The normalized spacial score (nSPS) is 15.0. The monoisotopic (exact) mass is 411 g/mol. The van der Waals surface area contributed by atoms with Gasteiger partial charge in [-0.1, -0.05) is 24.3 Å². The first-order chi connectivity index (χ1) is 14.5. The first kappa shape index (κ1) is 21.8. The van der Waals surface area contributed by atoms with E-state index in [9.17, 15) is 14.7 Å². The second kappa shape index (κ2) is 10.2. The highest BCUT2D eigenvalue weighted by atomic mass is 16.5. The lowest BCUT2D eigenvalue weighted by Gasteiger charge is -2.32. The van der Waals surface area contributed by atoms with Crippen LogP contribution in [0.3, 0.4) is 0 Å². The molecule has 1 fully saturated rings. The lowest BCUT2D eigenvalue weighted by molar-refractivity contribution is -0.116. The van der Waals surface area contributed by atoms with Crippen LogP contribution in [0.15, 0.2) is 42.5 Å². The van der Waals surface area contributed by atoms with Gasteiger partial charge in [-0.15, -0.1) is 0 Å². The van der Waals surface area contributed by atoms with E-state index in [0.717, 1.165) is 49.6 Å². The molecule has 3 rings (SSSR count). The Morgan fingerprint density at radius 2 is 1.83 bits per heavy atom. The van der Waals surface area contributed by atoms with Gasteiger partial charge in [-0.25, -0.2) is 4.79 Å². The Morgan fingerprint density at radius 1 is 1.10 bits per heavy atom. The van der Waals surface area contributed by atoms with E-state index in [2.05, 4.69) is 28.2 Å². The lowest BCUT2D eigenvalue weighted by atomic mass is 10.0. The highest BCUT2D eigenvalue weighted by Crippen LogP contribution is 2.23. The van der Waals surface area contributed by atoms with Crippen molar-refractivity contribution in [3.63, 3.8) is 0 Å². The van der Waals surface area contributed by atoms with Gasteiger partial charge < -0.3 is 20.1 Å². The Labute approximate surface area is 177 Å². The smallest absolute Gasteiger partial charge is 0.337 e. The van der Waals surface area contributed by atoms with Crippen LogP contribution >= 0.6 is 0 Å². The van der Waals surface area contributed by atoms with E-state index in [1.54, 1.807) is 25.3 Å². The van der Waals surface area contributed by atoms with E-state index in [4.69, 9.17) is 4.74 Å². The summed E-state index contributed by atoms with van der Waals surface area (Å²) in [5.74, 6) is -0.446. The predicted molar refractivity (Wildman–Crippen MR) is 116 cm³/mol. The number of amides is 1. The number of hydrogen-bond acceptors (Lipinski definition) is 5. The summed E-state index contributed by atoms with van der Waals surface area (Å²) in [6.45, 7) is 5.07. The molecule has 1 heterocycles. The van der Waals surface area contributed by atoms with Crippen LogP contribution in [0.1, 0.15) is 27.9 Å². The molecule has 0 spiro atoms. The van der Waals surface area contributed by atoms with Crippen molar-refractivity contribution in [1.82, 2.24) is 9.80 Å². The van der Waals surface area contributed by atoms with Gasteiger partial charge in [-0.3, -0.25) is 9.69 Å². The Morgan fingerprint density at radius 3 is 2.53 bits per heavy atom. The number of carboxylic acid groups (broad SMARTS) is 1. The number of anilines is 1. The van der Waals surface area contributed by atoms with Crippen LogP contribution in [0, 0.1) is 0 Å². The Bertz CT molecular complexity index is 892. The van der Waals surface area contributed by atoms with Crippen LogP contribution in [0.5, 0.6) is 5.75 Å². The summed E-state index contributed by atoms with van der Waals surface area (Å²) in [6, 6.07) is 12.5. The Kier molecular flexibility index (Phi) is 7.43. The largest absolute Gasteiger partial charge is 0.496 e. The minimum atomic E-state index is -1.06. The van der Waals surface area contributed by atoms with Gasteiger partial charge >= 0.3 is 5.97 Å². The molecule has 0 atom stereocenters. The molecule has 0 saturated carbocycles. The van der Waals surface area contributed by atoms with E-state index < -0.39 is 5.97 Å². The first-order valence-electron chi connectivity index (χ1n) is 10.1. The fraction of sp³-hybridized carbons (Fsp3) is 0.391. The van der Waals surface area contributed by atoms with Crippen molar-refractivity contribution in [3.05, 3.63) is 59.2 Å². The third-order valence-electron chi connectivity index (χ3n) is 5.41. The number of hydrogen-bond donors (Lipinski definition) is 2. The third kappa shape index (κ3) is 5.81. The van der Waals surface area contributed by atoms with Gasteiger partial charge in [0.05, 0.1) is 18.4 Å². The Balaban J connectivity index is 1.58. The van der Waals surface area contributed by atoms with Crippen molar-refractivity contribution in [2.45, 2.75) is 19.4 Å². The summed E-state index contributed by atoms with van der Waals surface area (Å²) in [6.07, 6.45) is 0.807. The molecule has 1 amide bonds. The Hall–Kier alpha value is -2.90. The summed E-state index contributed by atoms with van der Waals surface area (Å²) < 4.78 is 5.59. The van der Waals surface area contributed by atoms with Crippen LogP contribution in [-0.4, -0.2) is 67.1 Å². The number of piperazine rings is 1. The topological polar surface area (TPSA) is 82.1 Å². The molecule has 160 valence electrons. The maximum absolute atomic E-state index is 12.3. The van der Waals surface area contributed by atoms with Gasteiger partial charge in [0.2, 0.25) is 5.91 Å². The second-order valence-electron chi connectivity index (χ2n) is 7.62. The fourth-order valence-electron chi connectivity index (χ4n) is 3.57. The van der Waals surface area contributed by atoms with Crippen LogP contribution in [0.2, 0.25) is 0 Å². The molecule has 0 aromatic heterocycles. The zero-order valence-corrected chi connectivity index (χ0v) is 17.6. The highest BCUT2D eigenvalue weighted by molar-refractivity contribution is 6.00. The number of carbonyl (C=O) groups excluding carboxylic acids is 1. The number of ether oxygens (including phenoxy) is 1. The summed E-state index contributed by atoms with van der Waals surface area (Å²) in [5.41, 5.74) is 2.55. The average molecular weight is 412 g/mol. The highest BCUT2D eigenvalue weighted by Gasteiger charge is 2.16. The molecule has 1 saturated heterocycles. The molecule has 0 aliphatic carbocycles. The van der Waals surface area contributed by atoms with Crippen LogP contribution < -0.4 is 10.1 Å². The summed E-state index contributed by atoms with van der Waals surface area (Å²) in [7, 11) is 3.81. The molecule has 1 aliphatic heterocycles. The maximum atomic E-state index is 12.3. The van der Waals surface area contributed by atoms with Crippen LogP contribution in [0.4, 0.5) is 5.69 Å². The molecule has 0 unspecified atom stereocenters. The van der Waals surface area contributed by atoms with Gasteiger partial charge in [0.1, 0.15) is 5.75 Å². The van der Waals surface area contributed by atoms with Gasteiger partial charge in [0.15, 0.2) is 0 Å². The van der Waals surface area contributed by atoms with E-state index in [1.165, 1.54) is 6.07 Å². The van der Waals surface area contributed by atoms with Gasteiger partial charge in [-0.2, -0.15) is 0 Å². The predicted octanol–water partition coefficient (Wildman–Crippen LogP) is 2.71. The molecule has 0 bridgehead atoms. The molecule has 7 nitrogen and oxygen atoms in total. The zero-order chi connectivity index (χ0) is 21.5. The number of benzene rings is 2. The number of carboxylic acids is 1. The molecule has 2 aromatic rings. The first-order valence-corrected chi connectivity index (χ1v) is 10.1. The zero-order valence-electron chi connectivity index (χ0n) is 17.6. The number of aryl methyl sites for hydroxylation is 1. The van der Waals surface area contributed by atoms with Crippen molar-refractivity contribution < 1.29 is 19.4 Å². The van der Waals surface area contributed by atoms with Gasteiger partial charge in [-0.05, 0) is 37.2 Å². The minimum Gasteiger partial charge on any atom is -0.496 e. The number of rotatable bonds is 8. The number of aromatic carboxylic acids is 1. The molecule has 2 aromatic carbocycles. The molecule has 7 heteroatoms. The maximum Gasteiger partial charge on any atom is 0.337 e. The van der Waals surface area contributed by atoms with Crippen LogP contribution in [0.25, 0.3) is 0 Å². The van der Waals surface area contributed by atoms with E-state index in [0.29, 0.717) is 12.1 Å². The minimum absolute atomic E-state index is 0.0841. The molecular formula is C23H29N3O4. The molecular weight excluding hydrogens is 382 g/mol. The summed E-state index contributed by atoms with van der Waals surface area (Å²) in [4.78, 5) is 28.3. The van der Waals surface area contributed by atoms with E-state index >= 15 is 0 Å². The SMILES string of the molecule is COc1cc(CCC(=O)Nc2ccccc2C(=O)O)ccc1CN1CCN(C)CC1. The van der Waals surface area contributed by atoms with Crippen molar-refractivity contribution in [2.24, 2.45) is 0 Å². The standard InChI is InChI=1S/C23H29N3O4/c1-25-11-13-26(14-12-25)16-18-9-7-17(15-21(18)30-2)8-10-22(27)24-20-6-4-3-5-19(20)23(28)29/h3-7,9,15H,8,10-14,16H2,1-2H3,(H,24,27)(H,28,29). The quantitative estimate of drug-likeness (QED) is 0.695. The molecule has 1 aliphatic rings. The molecule has 30 heavy (non-hydrogen) atoms. The number of methoxy groups -OCH3 is 1. The summed E-state index contributed by atoms with van der Waals surface area (Å²) in [5, 5.41) is 11.9. The van der Waals surface area contributed by atoms with Gasteiger partial charge in [0, 0.05) is 44.7 Å². The van der Waals surface area contributed by atoms with E-state index in [-0.39, 0.29) is 17.9 Å². The molecule has 2 N–H and O–H groups in total. The van der Waals surface area contributed by atoms with Crippen molar-refractivity contribution >= 4 is 17.6 Å². The van der Waals surface area contributed by atoms with Crippen molar-refractivity contribution in [3.8, 4) is 5.75 Å². The third-order valence-corrected chi connectivity index (χ3v) is 5.41. The average Bonchev–Trinajstić information content (AvgIpc) is 2.74. The second-order valence-corrected chi connectivity index (χ2v) is 7.62. The van der Waals surface area contributed by atoms with Gasteiger partial charge in [0.25, 0.3) is 0 Å². The number of carbonyl (C=O) groups is 2.